The Morgan fingerprint density at radius 1 is 1.17 bits per heavy atom. The molecule has 0 spiro atoms. The molecule has 179 valence electrons. The summed E-state index contributed by atoms with van der Waals surface area (Å²) >= 11 is -2.36. The highest BCUT2D eigenvalue weighted by Gasteiger charge is 2.37. The van der Waals surface area contributed by atoms with Crippen molar-refractivity contribution < 1.29 is 28.0 Å². The third-order valence-corrected chi connectivity index (χ3v) is 7.55. The van der Waals surface area contributed by atoms with Crippen LogP contribution in [0.4, 0.5) is 8.78 Å². The van der Waals surface area contributed by atoms with Crippen LogP contribution < -0.4 is 0 Å². The first-order valence-corrected chi connectivity index (χ1v) is 12.0. The molecule has 0 amide bonds. The molecule has 0 bridgehead atoms. The normalized spacial score (nSPS) is 17.7. The zero-order chi connectivity index (χ0) is 24.9. The number of Topliss-reactive ketones (excluding diaryl/α,β-unsaturated/α-hetero) is 1. The summed E-state index contributed by atoms with van der Waals surface area (Å²) in [5.74, 6) is -2.30. The SMILES string of the molecule is Cc1c(C2=NN(Cc3ccc(F)cc3)[SH+]([O-])C3=C2C=CCC3=O)c2cc(F)ccc2n1CC(=O)O. The zero-order valence-corrected chi connectivity index (χ0v) is 19.4. The molecule has 2 aromatic carbocycles. The van der Waals surface area contributed by atoms with Crippen LogP contribution in [0.1, 0.15) is 23.2 Å². The Morgan fingerprint density at radius 3 is 2.60 bits per heavy atom. The van der Waals surface area contributed by atoms with Gasteiger partial charge in [0.25, 0.3) is 0 Å². The number of rotatable bonds is 5. The van der Waals surface area contributed by atoms with Crippen molar-refractivity contribution in [1.29, 1.82) is 0 Å². The highest BCUT2D eigenvalue weighted by atomic mass is 32.2. The lowest BCUT2D eigenvalue weighted by Gasteiger charge is -2.34. The fourth-order valence-electron chi connectivity index (χ4n) is 4.47. The van der Waals surface area contributed by atoms with Gasteiger partial charge in [0.05, 0.1) is 5.57 Å². The van der Waals surface area contributed by atoms with E-state index in [1.54, 1.807) is 35.8 Å². The highest BCUT2D eigenvalue weighted by Crippen LogP contribution is 2.37. The number of allylic oxidation sites excluding steroid dienone is 4. The average molecular weight is 497 g/mol. The summed E-state index contributed by atoms with van der Waals surface area (Å²) in [6.07, 6.45) is 3.42. The van der Waals surface area contributed by atoms with E-state index >= 15 is 0 Å². The van der Waals surface area contributed by atoms with Crippen LogP contribution >= 0.6 is 0 Å². The van der Waals surface area contributed by atoms with Gasteiger partial charge in [0, 0.05) is 28.6 Å². The summed E-state index contributed by atoms with van der Waals surface area (Å²) < 4.78 is 43.9. The van der Waals surface area contributed by atoms with Crippen LogP contribution in [0.25, 0.3) is 10.9 Å². The van der Waals surface area contributed by atoms with Crippen LogP contribution in [0.2, 0.25) is 0 Å². The lowest BCUT2D eigenvalue weighted by atomic mass is 9.94. The first-order valence-electron chi connectivity index (χ1n) is 10.8. The maximum atomic E-state index is 14.3. The molecule has 7 nitrogen and oxygen atoms in total. The number of aromatic nitrogens is 1. The molecule has 3 aromatic rings. The van der Waals surface area contributed by atoms with Crippen molar-refractivity contribution in [2.24, 2.45) is 5.10 Å². The van der Waals surface area contributed by atoms with Gasteiger partial charge in [-0.3, -0.25) is 9.59 Å². The van der Waals surface area contributed by atoms with Gasteiger partial charge in [0.2, 0.25) is 5.78 Å². The maximum Gasteiger partial charge on any atom is 0.323 e. The molecule has 1 aromatic heterocycles. The molecule has 1 radical (unpaired) electrons. The molecule has 10 heteroatoms. The van der Waals surface area contributed by atoms with Gasteiger partial charge < -0.3 is 14.2 Å². The average Bonchev–Trinajstić information content (AvgIpc) is 3.07. The van der Waals surface area contributed by atoms with E-state index in [0.29, 0.717) is 39.0 Å². The van der Waals surface area contributed by atoms with Crippen LogP contribution in [0.3, 0.4) is 0 Å². The number of ketones is 1. The van der Waals surface area contributed by atoms with E-state index in [2.05, 4.69) is 5.10 Å². The fraction of sp³-hybridized carbons (Fsp3) is 0.160. The van der Waals surface area contributed by atoms with Crippen molar-refractivity contribution in [2.45, 2.75) is 26.4 Å². The van der Waals surface area contributed by atoms with E-state index in [0.717, 1.165) is 0 Å². The first kappa shape index (κ1) is 23.0. The number of carboxylic acids is 1. The lowest BCUT2D eigenvalue weighted by Crippen LogP contribution is -2.37. The number of halogens is 2. The predicted octanol–water partition coefficient (Wildman–Crippen LogP) is 3.71. The molecule has 1 aliphatic carbocycles. The third kappa shape index (κ3) is 4.04. The van der Waals surface area contributed by atoms with Crippen molar-refractivity contribution in [3.05, 3.63) is 93.6 Å². The Kier molecular flexibility index (Phi) is 5.78. The van der Waals surface area contributed by atoms with Crippen molar-refractivity contribution in [1.82, 2.24) is 8.98 Å². The van der Waals surface area contributed by atoms with Crippen LogP contribution in [-0.2, 0) is 34.0 Å². The number of carbonyl (C=O) groups excluding carboxylic acids is 1. The van der Waals surface area contributed by atoms with E-state index in [1.807, 2.05) is 0 Å². The molecular weight excluding hydrogens is 476 g/mol. The lowest BCUT2D eigenvalue weighted by molar-refractivity contribution is -0.137. The van der Waals surface area contributed by atoms with Gasteiger partial charge in [-0.25, -0.2) is 8.78 Å². The second kappa shape index (κ2) is 8.79. The minimum absolute atomic E-state index is 0.0495. The number of hydrogen-bond donors (Lipinski definition) is 1. The Balaban J connectivity index is 1.73. The minimum Gasteiger partial charge on any atom is -0.628 e. The molecule has 2 aliphatic rings. The number of carbonyl (C=O) groups is 2. The second-order valence-electron chi connectivity index (χ2n) is 8.27. The molecular formula is C25H20F2N3O4S. The highest BCUT2D eigenvalue weighted by molar-refractivity contribution is 7.94. The Hall–Kier alpha value is -3.76. The molecule has 5 rings (SSSR count). The van der Waals surface area contributed by atoms with E-state index in [9.17, 15) is 28.0 Å². The monoisotopic (exact) mass is 496 g/mol. The van der Waals surface area contributed by atoms with Gasteiger partial charge in [0.1, 0.15) is 30.4 Å². The van der Waals surface area contributed by atoms with Crippen LogP contribution in [-0.4, -0.2) is 36.1 Å². The van der Waals surface area contributed by atoms with Gasteiger partial charge in [-0.2, -0.15) is 0 Å². The van der Waals surface area contributed by atoms with Crippen LogP contribution in [0, 0.1) is 18.6 Å². The number of benzene rings is 2. The number of fused-ring (bicyclic) bond motifs is 1. The number of nitrogens with zero attached hydrogens (tertiary/aromatic N) is 3. The quantitative estimate of drug-likeness (QED) is 0.429. The van der Waals surface area contributed by atoms with E-state index in [1.165, 1.54) is 34.7 Å². The fourth-order valence-corrected chi connectivity index (χ4v) is 5.85. The number of aliphatic carboxylic acids is 1. The van der Waals surface area contributed by atoms with Gasteiger partial charge in [-0.15, -0.1) is 9.52 Å². The van der Waals surface area contributed by atoms with Crippen molar-refractivity contribution in [3.63, 3.8) is 0 Å². The molecule has 0 saturated carbocycles. The summed E-state index contributed by atoms with van der Waals surface area (Å²) in [4.78, 5) is 24.5. The molecule has 0 saturated heterocycles. The molecule has 1 unspecified atom stereocenters. The van der Waals surface area contributed by atoms with E-state index < -0.39 is 29.0 Å². The molecule has 1 N–H and O–H groups in total. The van der Waals surface area contributed by atoms with Crippen molar-refractivity contribution in [3.8, 4) is 0 Å². The molecule has 1 atom stereocenters. The van der Waals surface area contributed by atoms with E-state index in [-0.39, 0.29) is 30.2 Å². The summed E-state index contributed by atoms with van der Waals surface area (Å²) in [5, 5.41) is 14.5. The molecule has 2 heterocycles. The smallest absolute Gasteiger partial charge is 0.323 e. The van der Waals surface area contributed by atoms with Crippen LogP contribution in [0.15, 0.2) is 70.2 Å². The van der Waals surface area contributed by atoms with E-state index in [4.69, 9.17) is 0 Å². The maximum absolute atomic E-state index is 14.3. The Morgan fingerprint density at radius 2 is 1.89 bits per heavy atom. The summed E-state index contributed by atoms with van der Waals surface area (Å²) in [6.45, 7) is 1.40. The van der Waals surface area contributed by atoms with Crippen LogP contribution in [0.5, 0.6) is 0 Å². The van der Waals surface area contributed by atoms with Crippen molar-refractivity contribution >= 4 is 39.7 Å². The van der Waals surface area contributed by atoms with Gasteiger partial charge >= 0.3 is 5.97 Å². The second-order valence-corrected chi connectivity index (χ2v) is 9.73. The number of hydrogen-bond acceptors (Lipinski definition) is 5. The van der Waals surface area contributed by atoms with Gasteiger partial charge in [-0.1, -0.05) is 35.6 Å². The van der Waals surface area contributed by atoms with Gasteiger partial charge in [0.15, 0.2) is 4.91 Å². The predicted molar refractivity (Wildman–Crippen MR) is 128 cm³/mol. The summed E-state index contributed by atoms with van der Waals surface area (Å²) in [6, 6.07) is 9.69. The number of thiol groups is 1. The third-order valence-electron chi connectivity index (χ3n) is 6.03. The molecule has 35 heavy (non-hydrogen) atoms. The summed E-state index contributed by atoms with van der Waals surface area (Å²) in [5.41, 5.74) is 2.79. The standard InChI is InChI=1S/C25H20F2N3O4S/c1-14-23(19-11-17(27)9-10-20(19)29(14)13-22(32)33)24-18-3-2-4-21(31)25(18)35(34)30(28-24)12-15-5-7-16(26)8-6-15/h2-3,5-11,35H,4,12-13H2,1H3,(H,32,33). The van der Waals surface area contributed by atoms with Crippen molar-refractivity contribution in [2.75, 3.05) is 0 Å². The Labute approximate surface area is 202 Å². The number of carboxylic acid groups (broad SMARTS) is 1. The molecule has 0 fully saturated rings. The largest absolute Gasteiger partial charge is 0.628 e. The Bertz CT molecular complexity index is 1470. The minimum atomic E-state index is -2.36. The number of hydrazone groups is 1. The molecule has 1 aliphatic heterocycles. The zero-order valence-electron chi connectivity index (χ0n) is 18.5. The summed E-state index contributed by atoms with van der Waals surface area (Å²) in [7, 11) is 0. The first-order chi connectivity index (χ1) is 16.7. The topological polar surface area (TPSA) is 98.0 Å². The van der Waals surface area contributed by atoms with Gasteiger partial charge in [-0.05, 0) is 42.8 Å².